The van der Waals surface area contributed by atoms with Crippen molar-refractivity contribution in [1.29, 1.82) is 0 Å². The molecule has 0 saturated heterocycles. The highest BCUT2D eigenvalue weighted by molar-refractivity contribution is 7.90. The second-order valence-corrected chi connectivity index (χ2v) is 8.30. The van der Waals surface area contributed by atoms with Crippen LogP contribution < -0.4 is 10.1 Å². The van der Waals surface area contributed by atoms with Crippen LogP contribution in [0.3, 0.4) is 0 Å². The van der Waals surface area contributed by atoms with Crippen molar-refractivity contribution in [3.8, 4) is 5.75 Å². The van der Waals surface area contributed by atoms with Crippen LogP contribution in [0.5, 0.6) is 5.75 Å². The number of nitrogens with one attached hydrogen (secondary N) is 1. The van der Waals surface area contributed by atoms with Gasteiger partial charge in [0.1, 0.15) is 11.6 Å². The van der Waals surface area contributed by atoms with Gasteiger partial charge in [0.2, 0.25) is 5.78 Å². The van der Waals surface area contributed by atoms with E-state index in [1.807, 2.05) is 0 Å². The molecule has 1 aliphatic rings. The minimum atomic E-state index is -4.12. The number of sulfonamides is 1. The maximum atomic E-state index is 13.2. The van der Waals surface area contributed by atoms with Crippen molar-refractivity contribution in [2.45, 2.75) is 4.90 Å². The SMILES string of the molecule is COc1ccc(NC2=CC(=NS(=O)(=O)c3ccc(F)cc3)c3ccccc3C2=O)cc1. The van der Waals surface area contributed by atoms with Gasteiger partial charge in [0.05, 0.1) is 23.4 Å². The monoisotopic (exact) mass is 436 g/mol. The number of carbonyl (C=O) groups is 1. The summed E-state index contributed by atoms with van der Waals surface area (Å²) in [5, 5.41) is 3.02. The lowest BCUT2D eigenvalue weighted by Gasteiger charge is -2.19. The molecule has 4 rings (SSSR count). The van der Waals surface area contributed by atoms with Crippen molar-refractivity contribution in [2.24, 2.45) is 4.40 Å². The van der Waals surface area contributed by atoms with E-state index in [-0.39, 0.29) is 22.1 Å². The molecule has 1 aliphatic carbocycles. The number of halogens is 1. The van der Waals surface area contributed by atoms with Gasteiger partial charge in [-0.15, -0.1) is 0 Å². The fraction of sp³-hybridized carbons (Fsp3) is 0.0435. The van der Waals surface area contributed by atoms with E-state index in [1.54, 1.807) is 55.6 Å². The molecule has 0 spiro atoms. The first-order chi connectivity index (χ1) is 14.9. The van der Waals surface area contributed by atoms with Crippen molar-refractivity contribution in [1.82, 2.24) is 0 Å². The van der Waals surface area contributed by atoms with Crippen LogP contribution >= 0.6 is 0 Å². The highest BCUT2D eigenvalue weighted by Gasteiger charge is 2.26. The van der Waals surface area contributed by atoms with Gasteiger partial charge in [-0.05, 0) is 54.6 Å². The summed E-state index contributed by atoms with van der Waals surface area (Å²) >= 11 is 0. The molecule has 0 bridgehead atoms. The van der Waals surface area contributed by atoms with Gasteiger partial charge in [-0.3, -0.25) is 4.79 Å². The maximum Gasteiger partial charge on any atom is 0.282 e. The van der Waals surface area contributed by atoms with Crippen LogP contribution in [0.25, 0.3) is 0 Å². The standard InChI is InChI=1S/C23H17FN2O4S/c1-30-17-10-8-16(9-11-17)25-22-14-21(19-4-2-3-5-20(19)23(22)27)26-31(28,29)18-12-6-15(24)7-13-18/h2-14,25H,1H3. The first-order valence-corrected chi connectivity index (χ1v) is 10.7. The van der Waals surface area contributed by atoms with Gasteiger partial charge in [0.15, 0.2) is 0 Å². The number of methoxy groups -OCH3 is 1. The van der Waals surface area contributed by atoms with Crippen LogP contribution in [-0.2, 0) is 10.0 Å². The Kier molecular flexibility index (Phi) is 5.39. The summed E-state index contributed by atoms with van der Waals surface area (Å²) < 4.78 is 47.8. The molecule has 0 aromatic heterocycles. The molecule has 0 radical (unpaired) electrons. The van der Waals surface area contributed by atoms with E-state index in [4.69, 9.17) is 4.74 Å². The molecule has 3 aromatic rings. The number of nitrogens with zero attached hydrogens (tertiary/aromatic N) is 1. The number of carbonyl (C=O) groups excluding carboxylic acids is 1. The summed E-state index contributed by atoms with van der Waals surface area (Å²) in [6.07, 6.45) is 1.40. The van der Waals surface area contributed by atoms with Crippen molar-refractivity contribution in [2.75, 3.05) is 12.4 Å². The lowest BCUT2D eigenvalue weighted by atomic mass is 9.92. The summed E-state index contributed by atoms with van der Waals surface area (Å²) in [5.41, 5.74) is 1.64. The van der Waals surface area contributed by atoms with Crippen LogP contribution in [0, 0.1) is 5.82 Å². The number of fused-ring (bicyclic) bond motifs is 1. The normalized spacial score (nSPS) is 14.7. The summed E-state index contributed by atoms with van der Waals surface area (Å²) in [6.45, 7) is 0. The Labute approximate surface area is 178 Å². The zero-order chi connectivity index (χ0) is 22.0. The van der Waals surface area contributed by atoms with Crippen LogP contribution in [0.4, 0.5) is 10.1 Å². The summed E-state index contributed by atoms with van der Waals surface area (Å²) in [5.74, 6) is -0.178. The zero-order valence-corrected chi connectivity index (χ0v) is 17.2. The van der Waals surface area contributed by atoms with Gasteiger partial charge < -0.3 is 10.1 Å². The Bertz CT molecular complexity index is 1310. The number of allylic oxidation sites excluding steroid dienone is 2. The van der Waals surface area contributed by atoms with E-state index in [2.05, 4.69) is 9.71 Å². The smallest absolute Gasteiger partial charge is 0.282 e. The number of rotatable bonds is 5. The minimum absolute atomic E-state index is 0.107. The van der Waals surface area contributed by atoms with E-state index in [0.717, 1.165) is 24.3 Å². The van der Waals surface area contributed by atoms with Gasteiger partial charge in [0, 0.05) is 16.8 Å². The predicted octanol–water partition coefficient (Wildman–Crippen LogP) is 4.20. The van der Waals surface area contributed by atoms with Crippen molar-refractivity contribution in [3.63, 3.8) is 0 Å². The molecule has 0 fully saturated rings. The van der Waals surface area contributed by atoms with Gasteiger partial charge >= 0.3 is 0 Å². The molecule has 0 unspecified atom stereocenters. The maximum absolute atomic E-state index is 13.2. The number of Topliss-reactive ketones (excluding diaryl/α,β-unsaturated/α-hetero) is 1. The second kappa shape index (κ2) is 8.16. The first-order valence-electron chi connectivity index (χ1n) is 9.25. The molecule has 0 atom stereocenters. The molecule has 31 heavy (non-hydrogen) atoms. The molecule has 3 aromatic carbocycles. The third-order valence-corrected chi connectivity index (χ3v) is 5.98. The van der Waals surface area contributed by atoms with Crippen molar-refractivity contribution in [3.05, 3.63) is 102 Å². The Balaban J connectivity index is 1.77. The Morgan fingerprint density at radius 2 is 1.55 bits per heavy atom. The van der Waals surface area contributed by atoms with E-state index in [9.17, 15) is 17.6 Å². The molecule has 0 amide bonds. The molecular weight excluding hydrogens is 419 g/mol. The first kappa shape index (κ1) is 20.5. The Hall–Kier alpha value is -3.78. The minimum Gasteiger partial charge on any atom is -0.497 e. The summed E-state index contributed by atoms with van der Waals surface area (Å²) in [6, 6.07) is 18.0. The third kappa shape index (κ3) is 4.24. The molecule has 0 saturated carbocycles. The van der Waals surface area contributed by atoms with Crippen molar-refractivity contribution < 1.29 is 22.3 Å². The van der Waals surface area contributed by atoms with Crippen molar-refractivity contribution >= 4 is 27.2 Å². The predicted molar refractivity (Wildman–Crippen MR) is 116 cm³/mol. The number of hydrogen-bond donors (Lipinski definition) is 1. The molecule has 0 aliphatic heterocycles. The van der Waals surface area contributed by atoms with Crippen LogP contribution in [0.1, 0.15) is 15.9 Å². The summed E-state index contributed by atoms with van der Waals surface area (Å²) in [4.78, 5) is 12.8. The average Bonchev–Trinajstić information content (AvgIpc) is 2.77. The van der Waals surface area contributed by atoms with E-state index in [0.29, 0.717) is 22.6 Å². The lowest BCUT2D eigenvalue weighted by Crippen LogP contribution is -2.22. The highest BCUT2D eigenvalue weighted by Crippen LogP contribution is 2.26. The zero-order valence-electron chi connectivity index (χ0n) is 16.4. The van der Waals surface area contributed by atoms with Crippen LogP contribution in [-0.4, -0.2) is 27.0 Å². The molecule has 8 heteroatoms. The van der Waals surface area contributed by atoms with Gasteiger partial charge in [0.25, 0.3) is 10.0 Å². The van der Waals surface area contributed by atoms with Gasteiger partial charge in [-0.25, -0.2) is 4.39 Å². The molecular formula is C23H17FN2O4S. The Morgan fingerprint density at radius 3 is 2.19 bits per heavy atom. The highest BCUT2D eigenvalue weighted by atomic mass is 32.2. The number of ether oxygens (including phenoxy) is 1. The fourth-order valence-corrected chi connectivity index (χ4v) is 4.11. The largest absolute Gasteiger partial charge is 0.497 e. The molecule has 0 heterocycles. The lowest BCUT2D eigenvalue weighted by molar-refractivity contribution is 0.103. The Morgan fingerprint density at radius 1 is 0.903 bits per heavy atom. The third-order valence-electron chi connectivity index (χ3n) is 4.67. The number of anilines is 1. The number of hydrogen-bond acceptors (Lipinski definition) is 5. The topological polar surface area (TPSA) is 84.8 Å². The molecule has 156 valence electrons. The summed E-state index contributed by atoms with van der Waals surface area (Å²) in [7, 11) is -2.57. The number of benzene rings is 3. The number of ketones is 1. The average molecular weight is 436 g/mol. The van der Waals surface area contributed by atoms with Gasteiger partial charge in [-0.2, -0.15) is 12.8 Å². The van der Waals surface area contributed by atoms with Crippen LogP contribution in [0.2, 0.25) is 0 Å². The molecule has 1 N–H and O–H groups in total. The van der Waals surface area contributed by atoms with E-state index in [1.165, 1.54) is 6.08 Å². The molecule has 6 nitrogen and oxygen atoms in total. The fourth-order valence-electron chi connectivity index (χ4n) is 3.12. The van der Waals surface area contributed by atoms with Crippen LogP contribution in [0.15, 0.2) is 93.9 Å². The van der Waals surface area contributed by atoms with Gasteiger partial charge in [-0.1, -0.05) is 24.3 Å². The second-order valence-electron chi connectivity index (χ2n) is 6.69. The van der Waals surface area contributed by atoms with E-state index >= 15 is 0 Å². The van der Waals surface area contributed by atoms with E-state index < -0.39 is 15.8 Å². The quantitative estimate of drug-likeness (QED) is 0.648.